The van der Waals surface area contributed by atoms with Gasteiger partial charge in [0.15, 0.2) is 5.69 Å². The van der Waals surface area contributed by atoms with Crippen molar-refractivity contribution < 1.29 is 33.8 Å². The van der Waals surface area contributed by atoms with Gasteiger partial charge in [0.25, 0.3) is 5.91 Å². The predicted molar refractivity (Wildman–Crippen MR) is 135 cm³/mol. The van der Waals surface area contributed by atoms with Crippen LogP contribution in [0.25, 0.3) is 5.69 Å². The molecule has 1 aromatic heterocycles. The largest absolute Gasteiger partial charge is 0.481 e. The van der Waals surface area contributed by atoms with E-state index in [1.54, 1.807) is 11.6 Å². The first-order chi connectivity index (χ1) is 18.4. The standard InChI is InChI=1S/C26H33N5O7/c1-2-37-26(36)30-15-13-29(14-16-30)25(35)20(11-12-23(32)33)27-24(34)21-17-22(38-19-9-6-10-19)31(28-21)18-7-4-3-5-8-18/h3-5,7-8,17,19-20H,2,6,9-16H2,1H3,(H,27,34)(H,32,33)/t20-/m0/s1. The zero-order chi connectivity index (χ0) is 27.1. The lowest BCUT2D eigenvalue weighted by atomic mass is 9.96. The van der Waals surface area contributed by atoms with Gasteiger partial charge in [-0.25, -0.2) is 9.48 Å². The van der Waals surface area contributed by atoms with Gasteiger partial charge in [-0.15, -0.1) is 0 Å². The molecule has 2 aromatic rings. The van der Waals surface area contributed by atoms with Crippen LogP contribution in [0.1, 0.15) is 49.5 Å². The molecule has 204 valence electrons. The Balaban J connectivity index is 1.48. The minimum Gasteiger partial charge on any atom is -0.481 e. The van der Waals surface area contributed by atoms with E-state index in [2.05, 4.69) is 10.4 Å². The van der Waals surface area contributed by atoms with Crippen LogP contribution in [-0.4, -0.2) is 93.5 Å². The first-order valence-electron chi connectivity index (χ1n) is 12.9. The van der Waals surface area contributed by atoms with Gasteiger partial charge in [-0.2, -0.15) is 5.10 Å². The first kappa shape index (κ1) is 27.0. The Morgan fingerprint density at radius 3 is 2.37 bits per heavy atom. The number of amides is 3. The third-order valence-electron chi connectivity index (χ3n) is 6.62. The highest BCUT2D eigenvalue weighted by atomic mass is 16.6. The predicted octanol–water partition coefficient (Wildman–Crippen LogP) is 2.07. The Labute approximate surface area is 220 Å². The number of benzene rings is 1. The molecule has 3 amide bonds. The number of carbonyl (C=O) groups excluding carboxylic acids is 3. The van der Waals surface area contributed by atoms with Crippen LogP contribution >= 0.6 is 0 Å². The maximum atomic E-state index is 13.3. The number of carbonyl (C=O) groups is 4. The molecule has 12 nitrogen and oxygen atoms in total. The molecule has 2 heterocycles. The van der Waals surface area contributed by atoms with Gasteiger partial charge in [0.1, 0.15) is 12.1 Å². The Kier molecular flexibility index (Phi) is 8.82. The molecule has 1 atom stereocenters. The van der Waals surface area contributed by atoms with E-state index >= 15 is 0 Å². The quantitative estimate of drug-likeness (QED) is 0.478. The lowest BCUT2D eigenvalue weighted by Gasteiger charge is -2.35. The molecule has 12 heteroatoms. The molecule has 38 heavy (non-hydrogen) atoms. The van der Waals surface area contributed by atoms with Crippen molar-refractivity contribution in [2.75, 3.05) is 32.8 Å². The first-order valence-corrected chi connectivity index (χ1v) is 12.9. The molecule has 0 radical (unpaired) electrons. The van der Waals surface area contributed by atoms with Crippen molar-refractivity contribution in [3.63, 3.8) is 0 Å². The summed E-state index contributed by atoms with van der Waals surface area (Å²) in [5.74, 6) is -1.66. The fourth-order valence-electron chi connectivity index (χ4n) is 4.27. The summed E-state index contributed by atoms with van der Waals surface area (Å²) in [7, 11) is 0. The number of nitrogens with zero attached hydrogens (tertiary/aromatic N) is 4. The fraction of sp³-hybridized carbons (Fsp3) is 0.500. The van der Waals surface area contributed by atoms with E-state index in [4.69, 9.17) is 9.47 Å². The van der Waals surface area contributed by atoms with Crippen LogP contribution in [0.4, 0.5) is 4.79 Å². The Hall–Kier alpha value is -4.09. The van der Waals surface area contributed by atoms with Crippen LogP contribution in [0.3, 0.4) is 0 Å². The molecular weight excluding hydrogens is 494 g/mol. The zero-order valence-electron chi connectivity index (χ0n) is 21.4. The van der Waals surface area contributed by atoms with Crippen LogP contribution in [0.5, 0.6) is 5.88 Å². The molecule has 0 bridgehead atoms. The molecular formula is C26H33N5O7. The second-order valence-electron chi connectivity index (χ2n) is 9.26. The topological polar surface area (TPSA) is 143 Å². The second-order valence-corrected chi connectivity index (χ2v) is 9.26. The van der Waals surface area contributed by atoms with Crippen LogP contribution in [0.2, 0.25) is 0 Å². The third-order valence-corrected chi connectivity index (χ3v) is 6.62. The summed E-state index contributed by atoms with van der Waals surface area (Å²) in [6.45, 7) is 3.05. The lowest BCUT2D eigenvalue weighted by molar-refractivity contribution is -0.138. The van der Waals surface area contributed by atoms with Crippen LogP contribution in [0.15, 0.2) is 36.4 Å². The number of hydrogen-bond acceptors (Lipinski definition) is 7. The average Bonchev–Trinajstić information content (AvgIpc) is 3.33. The van der Waals surface area contributed by atoms with E-state index in [1.807, 2.05) is 30.3 Å². The number of rotatable bonds is 10. The van der Waals surface area contributed by atoms with Crippen molar-refractivity contribution in [2.24, 2.45) is 0 Å². The van der Waals surface area contributed by atoms with E-state index in [1.165, 1.54) is 15.9 Å². The summed E-state index contributed by atoms with van der Waals surface area (Å²) < 4.78 is 12.6. The lowest BCUT2D eigenvalue weighted by Crippen LogP contribution is -2.56. The van der Waals surface area contributed by atoms with Gasteiger partial charge in [-0.1, -0.05) is 18.2 Å². The van der Waals surface area contributed by atoms with E-state index in [-0.39, 0.29) is 57.4 Å². The summed E-state index contributed by atoms with van der Waals surface area (Å²) in [5.41, 5.74) is 0.780. The highest BCUT2D eigenvalue weighted by Gasteiger charge is 2.32. The highest BCUT2D eigenvalue weighted by molar-refractivity contribution is 5.96. The van der Waals surface area contributed by atoms with Gasteiger partial charge in [0, 0.05) is 38.7 Å². The third kappa shape index (κ3) is 6.61. The van der Waals surface area contributed by atoms with Crippen molar-refractivity contribution in [1.82, 2.24) is 24.9 Å². The number of carboxylic acid groups (broad SMARTS) is 1. The summed E-state index contributed by atoms with van der Waals surface area (Å²) in [5, 5.41) is 16.3. The fourth-order valence-corrected chi connectivity index (χ4v) is 4.27. The minimum atomic E-state index is -1.08. The van der Waals surface area contributed by atoms with E-state index < -0.39 is 29.9 Å². The van der Waals surface area contributed by atoms with Gasteiger partial charge >= 0.3 is 12.1 Å². The summed E-state index contributed by atoms with van der Waals surface area (Å²) in [6, 6.07) is 9.74. The minimum absolute atomic E-state index is 0.0586. The van der Waals surface area contributed by atoms with E-state index in [0.717, 1.165) is 24.9 Å². The van der Waals surface area contributed by atoms with E-state index in [0.29, 0.717) is 5.88 Å². The van der Waals surface area contributed by atoms with Gasteiger partial charge in [0.2, 0.25) is 11.8 Å². The number of aliphatic carboxylic acids is 1. The number of piperazine rings is 1. The second kappa shape index (κ2) is 12.4. The smallest absolute Gasteiger partial charge is 0.409 e. The molecule has 1 saturated carbocycles. The van der Waals surface area contributed by atoms with Crippen LogP contribution in [0, 0.1) is 0 Å². The van der Waals surface area contributed by atoms with Crippen molar-refractivity contribution in [1.29, 1.82) is 0 Å². The zero-order valence-corrected chi connectivity index (χ0v) is 21.4. The van der Waals surface area contributed by atoms with Crippen molar-refractivity contribution >= 4 is 23.9 Å². The number of carboxylic acids is 1. The molecule has 1 saturated heterocycles. The van der Waals surface area contributed by atoms with Crippen molar-refractivity contribution in [3.8, 4) is 11.6 Å². The maximum Gasteiger partial charge on any atom is 0.409 e. The number of aromatic nitrogens is 2. The molecule has 2 aliphatic rings. The number of nitrogens with one attached hydrogen (secondary N) is 1. The molecule has 0 unspecified atom stereocenters. The number of hydrogen-bond donors (Lipinski definition) is 2. The maximum absolute atomic E-state index is 13.3. The Morgan fingerprint density at radius 1 is 1.08 bits per heavy atom. The SMILES string of the molecule is CCOC(=O)N1CCN(C(=O)[C@H](CCC(=O)O)NC(=O)c2cc(OC3CCC3)n(-c3ccccc3)n2)CC1. The Morgan fingerprint density at radius 2 is 1.76 bits per heavy atom. The van der Waals surface area contributed by atoms with Crippen LogP contribution in [-0.2, 0) is 14.3 Å². The van der Waals surface area contributed by atoms with Gasteiger partial charge < -0.3 is 29.7 Å². The summed E-state index contributed by atoms with van der Waals surface area (Å²) >= 11 is 0. The number of ether oxygens (including phenoxy) is 2. The normalized spacial score (nSPS) is 16.3. The molecule has 2 fully saturated rings. The summed E-state index contributed by atoms with van der Waals surface area (Å²) in [4.78, 5) is 52.8. The molecule has 1 aliphatic heterocycles. The number of para-hydroxylation sites is 1. The monoisotopic (exact) mass is 527 g/mol. The Bertz CT molecular complexity index is 1140. The molecule has 1 aliphatic carbocycles. The van der Waals surface area contributed by atoms with Crippen molar-refractivity contribution in [2.45, 2.75) is 51.2 Å². The summed E-state index contributed by atoms with van der Waals surface area (Å²) in [6.07, 6.45) is 2.18. The molecule has 1 aromatic carbocycles. The van der Waals surface area contributed by atoms with Crippen molar-refractivity contribution in [3.05, 3.63) is 42.1 Å². The molecule has 4 rings (SSSR count). The van der Waals surface area contributed by atoms with Gasteiger partial charge in [-0.05, 0) is 44.7 Å². The van der Waals surface area contributed by atoms with Gasteiger partial charge in [-0.3, -0.25) is 14.4 Å². The molecule has 0 spiro atoms. The van der Waals surface area contributed by atoms with Gasteiger partial charge in [0.05, 0.1) is 12.3 Å². The van der Waals surface area contributed by atoms with E-state index in [9.17, 15) is 24.3 Å². The molecule has 2 N–H and O–H groups in total. The van der Waals surface area contributed by atoms with Crippen LogP contribution < -0.4 is 10.1 Å². The average molecular weight is 528 g/mol. The highest BCUT2D eigenvalue weighted by Crippen LogP contribution is 2.27.